The minimum atomic E-state index is -3.30. The van der Waals surface area contributed by atoms with E-state index >= 15 is 0 Å². The molecule has 1 N–H and O–H groups in total. The predicted molar refractivity (Wildman–Crippen MR) is 92.3 cm³/mol. The Morgan fingerprint density at radius 3 is 2.26 bits per heavy atom. The van der Waals surface area contributed by atoms with Gasteiger partial charge in [0.05, 0.1) is 11.9 Å². The van der Waals surface area contributed by atoms with Crippen molar-refractivity contribution in [3.05, 3.63) is 24.3 Å². The molecule has 1 atom stereocenters. The van der Waals surface area contributed by atoms with Crippen LogP contribution < -0.4 is 14.4 Å². The average Bonchev–Trinajstić information content (AvgIpc) is 2.46. The molecule has 0 aliphatic heterocycles. The zero-order chi connectivity index (χ0) is 17.8. The number of rotatable bonds is 7. The highest BCUT2D eigenvalue weighted by atomic mass is 32.2. The van der Waals surface area contributed by atoms with Gasteiger partial charge < -0.3 is 10.1 Å². The second kappa shape index (κ2) is 7.21. The van der Waals surface area contributed by atoms with Crippen LogP contribution in [0.3, 0.4) is 0 Å². The highest BCUT2D eigenvalue weighted by Crippen LogP contribution is 2.21. The summed E-state index contributed by atoms with van der Waals surface area (Å²) in [6.07, 6.45) is 1.32. The molecule has 6 nitrogen and oxygen atoms in total. The van der Waals surface area contributed by atoms with Crippen LogP contribution >= 0.6 is 0 Å². The number of nitrogens with one attached hydrogen (secondary N) is 1. The second-order valence-corrected chi connectivity index (χ2v) is 8.22. The molecule has 0 fully saturated rings. The maximum atomic E-state index is 12.1. The summed E-state index contributed by atoms with van der Waals surface area (Å²) in [7, 11) is -1.82. The normalized spacial score (nSPS) is 13.3. The lowest BCUT2D eigenvalue weighted by molar-refractivity contribution is -0.128. The largest absolute Gasteiger partial charge is 0.481 e. The number of carbonyl (C=O) groups is 1. The lowest BCUT2D eigenvalue weighted by Crippen LogP contribution is -2.48. The number of carbonyl (C=O) groups excluding carboxylic acids is 1. The molecule has 1 aromatic carbocycles. The van der Waals surface area contributed by atoms with Crippen molar-refractivity contribution in [1.82, 2.24) is 5.32 Å². The first-order chi connectivity index (χ1) is 10.5. The zero-order valence-corrected chi connectivity index (χ0v) is 15.4. The molecule has 7 heteroatoms. The Morgan fingerprint density at radius 1 is 1.30 bits per heavy atom. The predicted octanol–water partition coefficient (Wildman–Crippen LogP) is 2.15. The Labute approximate surface area is 138 Å². The Hall–Kier alpha value is -1.76. The fourth-order valence-electron chi connectivity index (χ4n) is 1.71. The quantitative estimate of drug-likeness (QED) is 0.824. The van der Waals surface area contributed by atoms with Gasteiger partial charge in [0.1, 0.15) is 5.75 Å². The molecule has 1 rings (SSSR count). The number of benzene rings is 1. The highest BCUT2D eigenvalue weighted by molar-refractivity contribution is 7.92. The van der Waals surface area contributed by atoms with Crippen molar-refractivity contribution in [1.29, 1.82) is 0 Å². The maximum Gasteiger partial charge on any atom is 0.261 e. The zero-order valence-electron chi connectivity index (χ0n) is 14.6. The molecule has 130 valence electrons. The molecule has 0 saturated heterocycles. The summed E-state index contributed by atoms with van der Waals surface area (Å²) in [5.74, 6) is 0.321. The van der Waals surface area contributed by atoms with Crippen molar-refractivity contribution < 1.29 is 17.9 Å². The molecule has 0 saturated carbocycles. The summed E-state index contributed by atoms with van der Waals surface area (Å²) in [5.41, 5.74) is 0.251. The van der Waals surface area contributed by atoms with Gasteiger partial charge in [0.2, 0.25) is 10.0 Å². The number of sulfonamides is 1. The number of hydrogen-bond donors (Lipinski definition) is 1. The average molecular weight is 342 g/mol. The third-order valence-corrected chi connectivity index (χ3v) is 4.93. The van der Waals surface area contributed by atoms with E-state index in [4.69, 9.17) is 4.74 Å². The van der Waals surface area contributed by atoms with E-state index in [1.54, 1.807) is 31.2 Å². The summed E-state index contributed by atoms with van der Waals surface area (Å²) < 4.78 is 29.8. The van der Waals surface area contributed by atoms with Crippen LogP contribution in [0.15, 0.2) is 24.3 Å². The van der Waals surface area contributed by atoms with Crippen molar-refractivity contribution in [2.75, 3.05) is 17.6 Å². The Kier molecular flexibility index (Phi) is 6.04. The topological polar surface area (TPSA) is 75.7 Å². The molecule has 23 heavy (non-hydrogen) atoms. The van der Waals surface area contributed by atoms with Crippen LogP contribution in [-0.4, -0.2) is 39.3 Å². The van der Waals surface area contributed by atoms with E-state index in [0.717, 1.165) is 12.7 Å². The van der Waals surface area contributed by atoms with Crippen LogP contribution in [0, 0.1) is 0 Å². The summed E-state index contributed by atoms with van der Waals surface area (Å²) in [4.78, 5) is 12.1. The van der Waals surface area contributed by atoms with Crippen LogP contribution in [-0.2, 0) is 14.8 Å². The smallest absolute Gasteiger partial charge is 0.261 e. The lowest BCUT2D eigenvalue weighted by atomic mass is 10.0. The molecular formula is C16H26N2O4S. The molecule has 0 radical (unpaired) electrons. The van der Waals surface area contributed by atoms with Crippen molar-refractivity contribution in [2.45, 2.75) is 45.8 Å². The molecule has 0 unspecified atom stereocenters. The van der Waals surface area contributed by atoms with Crippen LogP contribution in [0.1, 0.15) is 34.1 Å². The van der Waals surface area contributed by atoms with E-state index in [-0.39, 0.29) is 11.4 Å². The molecule has 0 bridgehead atoms. The molecule has 0 aliphatic rings. The first-order valence-electron chi connectivity index (χ1n) is 7.49. The van der Waals surface area contributed by atoms with Crippen LogP contribution in [0.4, 0.5) is 5.69 Å². The van der Waals surface area contributed by atoms with Gasteiger partial charge in [-0.25, -0.2) is 8.42 Å². The Bertz CT molecular complexity index is 639. The van der Waals surface area contributed by atoms with Crippen molar-refractivity contribution in [2.24, 2.45) is 0 Å². The Balaban J connectivity index is 2.73. The molecule has 0 aromatic heterocycles. The van der Waals surface area contributed by atoms with Crippen molar-refractivity contribution in [3.8, 4) is 5.75 Å². The SMILES string of the molecule is CCC(C)(C)NC(=O)[C@H](C)Oc1ccc(N(C)S(C)(=O)=O)cc1. The second-order valence-electron chi connectivity index (χ2n) is 6.21. The van der Waals surface area contributed by atoms with Gasteiger partial charge in [-0.05, 0) is 51.5 Å². The number of nitrogens with zero attached hydrogens (tertiary/aromatic N) is 1. The summed E-state index contributed by atoms with van der Waals surface area (Å²) in [6.45, 7) is 7.58. The van der Waals surface area contributed by atoms with Crippen molar-refractivity contribution in [3.63, 3.8) is 0 Å². The molecule has 1 amide bonds. The van der Waals surface area contributed by atoms with Gasteiger partial charge in [0.15, 0.2) is 6.10 Å². The number of anilines is 1. The fraction of sp³-hybridized carbons (Fsp3) is 0.562. The third-order valence-electron chi connectivity index (χ3n) is 3.73. The van der Waals surface area contributed by atoms with Gasteiger partial charge in [-0.1, -0.05) is 6.92 Å². The van der Waals surface area contributed by atoms with Gasteiger partial charge in [-0.3, -0.25) is 9.10 Å². The monoisotopic (exact) mass is 342 g/mol. The summed E-state index contributed by atoms with van der Waals surface area (Å²) in [5, 5.41) is 2.92. The highest BCUT2D eigenvalue weighted by Gasteiger charge is 2.23. The van der Waals surface area contributed by atoms with Gasteiger partial charge >= 0.3 is 0 Å². The summed E-state index contributed by atoms with van der Waals surface area (Å²) in [6, 6.07) is 6.56. The number of ether oxygens (including phenoxy) is 1. The standard InChI is InChI=1S/C16H26N2O4S/c1-7-16(3,4)17-15(19)12(2)22-14-10-8-13(9-11-14)18(5)23(6,20)21/h8-12H,7H2,1-6H3,(H,17,19)/t12-/m0/s1. The molecule has 0 heterocycles. The van der Waals surface area contributed by atoms with Gasteiger partial charge in [0.25, 0.3) is 5.91 Å². The van der Waals surface area contributed by atoms with E-state index < -0.39 is 16.1 Å². The van der Waals surface area contributed by atoms with E-state index in [2.05, 4.69) is 5.32 Å². The molecule has 1 aromatic rings. The fourth-order valence-corrected chi connectivity index (χ4v) is 2.21. The van der Waals surface area contributed by atoms with E-state index in [1.807, 2.05) is 20.8 Å². The third kappa shape index (κ3) is 5.74. The molecular weight excluding hydrogens is 316 g/mol. The van der Waals surface area contributed by atoms with Crippen molar-refractivity contribution >= 4 is 21.6 Å². The van der Waals surface area contributed by atoms with Gasteiger partial charge in [-0.15, -0.1) is 0 Å². The van der Waals surface area contributed by atoms with E-state index in [9.17, 15) is 13.2 Å². The summed E-state index contributed by atoms with van der Waals surface area (Å²) >= 11 is 0. The van der Waals surface area contributed by atoms with Crippen LogP contribution in [0.2, 0.25) is 0 Å². The molecule has 0 spiro atoms. The van der Waals surface area contributed by atoms with Crippen LogP contribution in [0.25, 0.3) is 0 Å². The van der Waals surface area contributed by atoms with Gasteiger partial charge in [0, 0.05) is 12.6 Å². The van der Waals surface area contributed by atoms with Crippen LogP contribution in [0.5, 0.6) is 5.75 Å². The van der Waals surface area contributed by atoms with E-state index in [0.29, 0.717) is 11.4 Å². The van der Waals surface area contributed by atoms with Gasteiger partial charge in [-0.2, -0.15) is 0 Å². The first-order valence-corrected chi connectivity index (χ1v) is 9.34. The minimum Gasteiger partial charge on any atom is -0.481 e. The maximum absolute atomic E-state index is 12.1. The molecule has 0 aliphatic carbocycles. The van der Waals surface area contributed by atoms with E-state index in [1.165, 1.54) is 11.4 Å². The Morgan fingerprint density at radius 2 is 1.83 bits per heavy atom. The lowest BCUT2D eigenvalue weighted by Gasteiger charge is -2.26. The first kappa shape index (κ1) is 19.3. The minimum absolute atomic E-state index is 0.186. The number of hydrogen-bond acceptors (Lipinski definition) is 4. The number of amides is 1.